The number of hydrogen-bond donors (Lipinski definition) is 1. The van der Waals surface area contributed by atoms with Crippen molar-refractivity contribution in [1.82, 2.24) is 4.90 Å². The molecule has 2 rings (SSSR count). The second-order valence-corrected chi connectivity index (χ2v) is 6.59. The summed E-state index contributed by atoms with van der Waals surface area (Å²) in [7, 11) is 1.43. The number of non-ortho nitro benzene ring substituents is 1. The Kier molecular flexibility index (Phi) is 6.59. The zero-order valence-corrected chi connectivity index (χ0v) is 15.6. The molecule has 0 fully saturated rings. The summed E-state index contributed by atoms with van der Waals surface area (Å²) in [5.74, 6) is -0.962. The minimum atomic E-state index is -0.612. The molecule has 2 aromatic carbocycles. The van der Waals surface area contributed by atoms with Gasteiger partial charge in [-0.2, -0.15) is 0 Å². The number of benzene rings is 2. The number of rotatable bonds is 6. The van der Waals surface area contributed by atoms with E-state index >= 15 is 0 Å². The van der Waals surface area contributed by atoms with Crippen LogP contribution < -0.4 is 5.32 Å². The van der Waals surface area contributed by atoms with Gasteiger partial charge in [0.15, 0.2) is 0 Å². The van der Waals surface area contributed by atoms with E-state index in [0.29, 0.717) is 5.69 Å². The smallest absolute Gasteiger partial charge is 0.270 e. The lowest BCUT2D eigenvalue weighted by Gasteiger charge is -2.18. The molecular weight excluding hydrogens is 378 g/mol. The molecule has 0 aliphatic rings. The minimum Gasteiger partial charge on any atom is -0.332 e. The maximum absolute atomic E-state index is 12.5. The van der Waals surface area contributed by atoms with Crippen LogP contribution in [-0.2, 0) is 4.79 Å². The van der Waals surface area contributed by atoms with Gasteiger partial charge in [-0.25, -0.2) is 0 Å². The quantitative estimate of drug-likeness (QED) is 0.459. The fraction of sp³-hybridized carbons (Fsp3) is 0.176. The van der Waals surface area contributed by atoms with Crippen molar-refractivity contribution < 1.29 is 14.5 Å². The molecule has 2 amide bonds. The summed E-state index contributed by atoms with van der Waals surface area (Å²) < 4.78 is 0. The fourth-order valence-electron chi connectivity index (χ4n) is 2.22. The third kappa shape index (κ3) is 4.74. The van der Waals surface area contributed by atoms with Gasteiger partial charge in [0.25, 0.3) is 11.6 Å². The number of nitrogens with one attached hydrogen (secondary N) is 1. The van der Waals surface area contributed by atoms with Crippen LogP contribution in [0.3, 0.4) is 0 Å². The van der Waals surface area contributed by atoms with E-state index in [0.717, 1.165) is 15.9 Å². The molecule has 0 aliphatic heterocycles. The van der Waals surface area contributed by atoms with Gasteiger partial charge in [0.2, 0.25) is 5.91 Å². The van der Waals surface area contributed by atoms with Gasteiger partial charge in [-0.1, -0.05) is 23.7 Å². The molecule has 0 atom stereocenters. The standard InChI is InChI=1S/C17H16ClN3O4S/c1-20(10-16(22)19-14-5-3-4-6-15(14)26-2)17(23)12-9-11(21(24)25)7-8-13(12)18/h3-9H,10H2,1-2H3,(H,19,22). The van der Waals surface area contributed by atoms with Crippen LogP contribution in [0.4, 0.5) is 11.4 Å². The van der Waals surface area contributed by atoms with Gasteiger partial charge in [-0.05, 0) is 24.5 Å². The SMILES string of the molecule is CSc1ccccc1NC(=O)CN(C)C(=O)c1cc([N+](=O)[O-])ccc1Cl. The highest BCUT2D eigenvalue weighted by atomic mass is 35.5. The number of amides is 2. The van der Waals surface area contributed by atoms with Crippen LogP contribution in [0.1, 0.15) is 10.4 Å². The summed E-state index contributed by atoms with van der Waals surface area (Å²) in [5.41, 5.74) is 0.379. The normalized spacial score (nSPS) is 10.3. The average molecular weight is 394 g/mol. The first kappa shape index (κ1) is 19.7. The van der Waals surface area contributed by atoms with Gasteiger partial charge in [0, 0.05) is 24.1 Å². The van der Waals surface area contributed by atoms with Gasteiger partial charge >= 0.3 is 0 Å². The van der Waals surface area contributed by atoms with Gasteiger partial charge in [0.05, 0.1) is 27.7 Å². The van der Waals surface area contributed by atoms with Gasteiger partial charge in [-0.3, -0.25) is 19.7 Å². The minimum absolute atomic E-state index is 0.0271. The molecule has 26 heavy (non-hydrogen) atoms. The predicted molar refractivity (Wildman–Crippen MR) is 102 cm³/mol. The van der Waals surface area contributed by atoms with E-state index in [4.69, 9.17) is 11.6 Å². The maximum Gasteiger partial charge on any atom is 0.270 e. The molecule has 1 N–H and O–H groups in total. The van der Waals surface area contributed by atoms with E-state index in [1.54, 1.807) is 12.1 Å². The lowest BCUT2D eigenvalue weighted by molar-refractivity contribution is -0.384. The average Bonchev–Trinajstić information content (AvgIpc) is 2.61. The molecule has 0 saturated carbocycles. The van der Waals surface area contributed by atoms with Crippen molar-refractivity contribution in [3.63, 3.8) is 0 Å². The number of nitro benzene ring substituents is 1. The fourth-order valence-corrected chi connectivity index (χ4v) is 2.97. The lowest BCUT2D eigenvalue weighted by atomic mass is 10.1. The molecule has 0 aliphatic carbocycles. The number of anilines is 1. The third-order valence-corrected chi connectivity index (χ3v) is 4.63. The largest absolute Gasteiger partial charge is 0.332 e. The summed E-state index contributed by atoms with van der Waals surface area (Å²) in [4.78, 5) is 37.0. The highest BCUT2D eigenvalue weighted by Crippen LogP contribution is 2.25. The number of carbonyl (C=O) groups excluding carboxylic acids is 2. The van der Waals surface area contributed by atoms with Crippen molar-refractivity contribution in [2.75, 3.05) is 25.2 Å². The van der Waals surface area contributed by atoms with Crippen molar-refractivity contribution in [3.8, 4) is 0 Å². The van der Waals surface area contributed by atoms with Gasteiger partial charge in [-0.15, -0.1) is 11.8 Å². The topological polar surface area (TPSA) is 92.6 Å². The van der Waals surface area contributed by atoms with Crippen molar-refractivity contribution in [1.29, 1.82) is 0 Å². The number of thioether (sulfide) groups is 1. The number of nitro groups is 1. The maximum atomic E-state index is 12.5. The highest BCUT2D eigenvalue weighted by molar-refractivity contribution is 7.98. The molecule has 0 heterocycles. The molecular formula is C17H16ClN3O4S. The monoisotopic (exact) mass is 393 g/mol. The van der Waals surface area contributed by atoms with Crippen molar-refractivity contribution in [2.45, 2.75) is 4.90 Å². The molecule has 0 unspecified atom stereocenters. The second-order valence-electron chi connectivity index (χ2n) is 5.33. The first-order valence-electron chi connectivity index (χ1n) is 7.45. The highest BCUT2D eigenvalue weighted by Gasteiger charge is 2.21. The van der Waals surface area contributed by atoms with Crippen LogP contribution in [0.5, 0.6) is 0 Å². The van der Waals surface area contributed by atoms with Crippen LogP contribution in [0.25, 0.3) is 0 Å². The van der Waals surface area contributed by atoms with E-state index in [1.807, 2.05) is 18.4 Å². The predicted octanol–water partition coefficient (Wildman–Crippen LogP) is 3.68. The van der Waals surface area contributed by atoms with Gasteiger partial charge < -0.3 is 10.2 Å². The first-order valence-corrected chi connectivity index (χ1v) is 9.06. The number of carbonyl (C=O) groups is 2. The second kappa shape index (κ2) is 8.68. The van der Waals surface area contributed by atoms with Crippen LogP contribution >= 0.6 is 23.4 Å². The number of nitrogens with zero attached hydrogens (tertiary/aromatic N) is 2. The number of hydrogen-bond acceptors (Lipinski definition) is 5. The summed E-state index contributed by atoms with van der Waals surface area (Å²) >= 11 is 7.46. The zero-order chi connectivity index (χ0) is 19.3. The van der Waals surface area contributed by atoms with Crippen LogP contribution in [-0.4, -0.2) is 41.5 Å². The first-order chi connectivity index (χ1) is 12.3. The molecule has 0 aromatic heterocycles. The van der Waals surface area contributed by atoms with E-state index in [2.05, 4.69) is 5.32 Å². The van der Waals surface area contributed by atoms with Crippen molar-refractivity contribution in [2.24, 2.45) is 0 Å². The van der Waals surface area contributed by atoms with E-state index in [1.165, 1.54) is 30.9 Å². The Morgan fingerprint density at radius 2 is 1.96 bits per heavy atom. The number of halogens is 1. The Balaban J connectivity index is 2.10. The Morgan fingerprint density at radius 3 is 2.62 bits per heavy atom. The molecule has 9 heteroatoms. The Bertz CT molecular complexity index is 860. The molecule has 0 spiro atoms. The Morgan fingerprint density at radius 1 is 1.27 bits per heavy atom. The Hall–Kier alpha value is -2.58. The molecule has 0 saturated heterocycles. The molecule has 0 radical (unpaired) electrons. The van der Waals surface area contributed by atoms with Crippen molar-refractivity contribution in [3.05, 3.63) is 63.2 Å². The summed E-state index contributed by atoms with van der Waals surface area (Å²) in [5, 5.41) is 13.7. The zero-order valence-electron chi connectivity index (χ0n) is 14.1. The van der Waals surface area contributed by atoms with E-state index < -0.39 is 10.8 Å². The summed E-state index contributed by atoms with van der Waals surface area (Å²) in [6, 6.07) is 10.9. The van der Waals surface area contributed by atoms with E-state index in [-0.39, 0.29) is 28.7 Å². The number of likely N-dealkylation sites (N-methyl/N-ethyl adjacent to an activating group) is 1. The number of para-hydroxylation sites is 1. The molecule has 7 nitrogen and oxygen atoms in total. The molecule has 2 aromatic rings. The lowest BCUT2D eigenvalue weighted by Crippen LogP contribution is -2.35. The summed E-state index contributed by atoms with van der Waals surface area (Å²) in [6.45, 7) is -0.222. The third-order valence-electron chi connectivity index (χ3n) is 3.50. The molecule has 136 valence electrons. The van der Waals surface area contributed by atoms with Crippen molar-refractivity contribution >= 4 is 46.6 Å². The molecule has 0 bridgehead atoms. The Labute approximate surface area is 159 Å². The van der Waals surface area contributed by atoms with Gasteiger partial charge in [0.1, 0.15) is 0 Å². The van der Waals surface area contributed by atoms with Crippen LogP contribution in [0, 0.1) is 10.1 Å². The van der Waals surface area contributed by atoms with Crippen LogP contribution in [0.2, 0.25) is 5.02 Å². The summed E-state index contributed by atoms with van der Waals surface area (Å²) in [6.07, 6.45) is 1.89. The van der Waals surface area contributed by atoms with Crippen LogP contribution in [0.15, 0.2) is 47.4 Å². The van der Waals surface area contributed by atoms with E-state index in [9.17, 15) is 19.7 Å².